The van der Waals surface area contributed by atoms with Crippen LogP contribution in [0.2, 0.25) is 0 Å². The molecule has 0 aromatic carbocycles. The summed E-state index contributed by atoms with van der Waals surface area (Å²) in [5.41, 5.74) is 0.419. The van der Waals surface area contributed by atoms with Crippen molar-refractivity contribution in [3.63, 3.8) is 0 Å². The van der Waals surface area contributed by atoms with E-state index in [1.165, 1.54) is 0 Å². The number of Topliss-reactive ketones (excluding diaryl/α,β-unsaturated/α-hetero) is 2. The first-order valence-electron chi connectivity index (χ1n) is 9.17. The van der Waals surface area contributed by atoms with Crippen LogP contribution in [-0.2, 0) is 9.59 Å². The molecule has 2 heteroatoms. The van der Waals surface area contributed by atoms with E-state index in [1.807, 2.05) is 0 Å². The topological polar surface area (TPSA) is 34.1 Å². The predicted molar refractivity (Wildman–Crippen MR) is 86.1 cm³/mol. The lowest BCUT2D eigenvalue weighted by atomic mass is 9.55. The highest BCUT2D eigenvalue weighted by atomic mass is 16.1. The van der Waals surface area contributed by atoms with Crippen molar-refractivity contribution >= 4 is 11.6 Å². The Labute approximate surface area is 134 Å². The molecule has 0 spiro atoms. The average molecular weight is 302 g/mol. The standard InChI is InChI=1S/C20H30O2/c1-9-11-7-13(19(9,3)4)15(17(11)21)16-14-8-12(18(16)22)10(2)20(14,5)6/h9-16H,7-8H2,1-6H3/t9-,10-,11-,12+,13+,14-,15-,16-/m1/s1. The summed E-state index contributed by atoms with van der Waals surface area (Å²) in [5.74, 6) is 3.19. The minimum Gasteiger partial charge on any atom is -0.299 e. The zero-order valence-electron chi connectivity index (χ0n) is 14.8. The van der Waals surface area contributed by atoms with Crippen LogP contribution in [0.3, 0.4) is 0 Å². The van der Waals surface area contributed by atoms with Crippen molar-refractivity contribution in [1.29, 1.82) is 0 Å². The summed E-state index contributed by atoms with van der Waals surface area (Å²) in [6.45, 7) is 13.8. The quantitative estimate of drug-likeness (QED) is 0.734. The Morgan fingerprint density at radius 2 is 1.05 bits per heavy atom. The van der Waals surface area contributed by atoms with Gasteiger partial charge in [0.2, 0.25) is 0 Å². The number of hydrogen-bond acceptors (Lipinski definition) is 2. The minimum absolute atomic E-state index is 0.0328. The zero-order chi connectivity index (χ0) is 16.2. The van der Waals surface area contributed by atoms with Gasteiger partial charge in [-0.1, -0.05) is 41.5 Å². The molecule has 8 atom stereocenters. The normalized spacial score (nSPS) is 54.5. The first-order chi connectivity index (χ1) is 10.1. The largest absolute Gasteiger partial charge is 0.299 e. The fourth-order valence-corrected chi connectivity index (χ4v) is 6.96. The minimum atomic E-state index is 0.0328. The van der Waals surface area contributed by atoms with Gasteiger partial charge in [-0.05, 0) is 47.3 Å². The number of hydrogen-bond donors (Lipinski definition) is 0. The third-order valence-electron chi connectivity index (χ3n) is 9.12. The van der Waals surface area contributed by atoms with Crippen LogP contribution in [0.1, 0.15) is 54.4 Å². The fraction of sp³-hybridized carbons (Fsp3) is 0.900. The van der Waals surface area contributed by atoms with Crippen LogP contribution in [0.4, 0.5) is 0 Å². The summed E-state index contributed by atoms with van der Waals surface area (Å²) < 4.78 is 0. The van der Waals surface area contributed by atoms with Crippen LogP contribution >= 0.6 is 0 Å². The van der Waals surface area contributed by atoms with Crippen molar-refractivity contribution in [2.24, 2.45) is 58.2 Å². The molecule has 22 heavy (non-hydrogen) atoms. The van der Waals surface area contributed by atoms with Crippen molar-refractivity contribution in [1.82, 2.24) is 0 Å². The number of carbonyl (C=O) groups excluding carboxylic acids is 2. The van der Waals surface area contributed by atoms with E-state index in [4.69, 9.17) is 0 Å². The number of fused-ring (bicyclic) bond motifs is 4. The van der Waals surface area contributed by atoms with Crippen molar-refractivity contribution in [2.75, 3.05) is 0 Å². The smallest absolute Gasteiger partial charge is 0.140 e. The van der Waals surface area contributed by atoms with E-state index in [2.05, 4.69) is 41.5 Å². The summed E-state index contributed by atoms with van der Waals surface area (Å²) in [6.07, 6.45) is 2.07. The molecule has 4 aliphatic carbocycles. The van der Waals surface area contributed by atoms with E-state index in [0.717, 1.165) is 12.8 Å². The molecule has 0 aromatic rings. The molecule has 0 aliphatic heterocycles. The maximum Gasteiger partial charge on any atom is 0.140 e. The van der Waals surface area contributed by atoms with Gasteiger partial charge in [0.1, 0.15) is 11.6 Å². The van der Waals surface area contributed by atoms with Gasteiger partial charge in [0.05, 0.1) is 0 Å². The van der Waals surface area contributed by atoms with Gasteiger partial charge in [-0.3, -0.25) is 9.59 Å². The summed E-state index contributed by atoms with van der Waals surface area (Å²) in [4.78, 5) is 26.0. The van der Waals surface area contributed by atoms with Crippen molar-refractivity contribution in [3.8, 4) is 0 Å². The Kier molecular flexibility index (Phi) is 2.74. The maximum absolute atomic E-state index is 13.0. The molecule has 122 valence electrons. The molecule has 0 unspecified atom stereocenters. The van der Waals surface area contributed by atoms with Gasteiger partial charge in [-0.2, -0.15) is 0 Å². The zero-order valence-corrected chi connectivity index (χ0v) is 14.8. The SMILES string of the molecule is C[C@@H]1[C@@H]2C[C@H]([C@H]([C@@H]3C(=O)[C@@H]4C[C@@H]3C(C)(C)[C@@H]4C)C2=O)C1(C)C. The molecule has 4 bridgehead atoms. The molecule has 4 fully saturated rings. The van der Waals surface area contributed by atoms with Crippen LogP contribution in [0, 0.1) is 58.2 Å². The highest BCUT2D eigenvalue weighted by Crippen LogP contribution is 2.68. The molecule has 0 saturated heterocycles. The van der Waals surface area contributed by atoms with Gasteiger partial charge in [0, 0.05) is 23.7 Å². The molecule has 0 heterocycles. The third-order valence-corrected chi connectivity index (χ3v) is 9.12. The van der Waals surface area contributed by atoms with E-state index in [1.54, 1.807) is 0 Å². The van der Waals surface area contributed by atoms with E-state index in [-0.39, 0.29) is 34.5 Å². The lowest BCUT2D eigenvalue weighted by Crippen LogP contribution is -2.50. The first-order valence-corrected chi connectivity index (χ1v) is 9.17. The van der Waals surface area contributed by atoms with Crippen LogP contribution in [0.15, 0.2) is 0 Å². The Hall–Kier alpha value is -0.660. The Morgan fingerprint density at radius 3 is 1.32 bits per heavy atom. The van der Waals surface area contributed by atoms with E-state index in [0.29, 0.717) is 35.2 Å². The average Bonchev–Trinajstić information content (AvgIpc) is 3.06. The Balaban J connectivity index is 1.72. The van der Waals surface area contributed by atoms with Crippen molar-refractivity contribution in [2.45, 2.75) is 54.4 Å². The molecule has 0 aromatic heterocycles. The lowest BCUT2D eigenvalue weighted by molar-refractivity contribution is -0.145. The Morgan fingerprint density at radius 1 is 0.727 bits per heavy atom. The van der Waals surface area contributed by atoms with Crippen LogP contribution in [-0.4, -0.2) is 11.6 Å². The number of carbonyl (C=O) groups is 2. The first kappa shape index (κ1) is 14.9. The molecule has 4 aliphatic rings. The van der Waals surface area contributed by atoms with E-state index in [9.17, 15) is 9.59 Å². The van der Waals surface area contributed by atoms with Crippen LogP contribution in [0.25, 0.3) is 0 Å². The molecule has 0 N–H and O–H groups in total. The number of ketones is 2. The summed E-state index contributed by atoms with van der Waals surface area (Å²) >= 11 is 0. The maximum atomic E-state index is 13.0. The fourth-order valence-electron chi connectivity index (χ4n) is 6.96. The molecule has 2 nitrogen and oxygen atoms in total. The van der Waals surface area contributed by atoms with Gasteiger partial charge in [-0.25, -0.2) is 0 Å². The van der Waals surface area contributed by atoms with Gasteiger partial charge in [0.25, 0.3) is 0 Å². The van der Waals surface area contributed by atoms with Gasteiger partial charge < -0.3 is 0 Å². The van der Waals surface area contributed by atoms with Gasteiger partial charge in [0.15, 0.2) is 0 Å². The summed E-state index contributed by atoms with van der Waals surface area (Å²) in [5, 5.41) is 0. The molecule has 4 rings (SSSR count). The van der Waals surface area contributed by atoms with Crippen molar-refractivity contribution < 1.29 is 9.59 Å². The molecule has 0 radical (unpaired) electrons. The van der Waals surface area contributed by atoms with E-state index < -0.39 is 0 Å². The summed E-state index contributed by atoms with van der Waals surface area (Å²) in [7, 11) is 0. The highest BCUT2D eigenvalue weighted by molar-refractivity contribution is 5.96. The second-order valence-corrected chi connectivity index (χ2v) is 9.97. The third kappa shape index (κ3) is 1.43. The van der Waals surface area contributed by atoms with Gasteiger partial charge >= 0.3 is 0 Å². The molecule has 4 saturated carbocycles. The second-order valence-electron chi connectivity index (χ2n) is 9.97. The Bertz CT molecular complexity index is 508. The van der Waals surface area contributed by atoms with E-state index >= 15 is 0 Å². The second kappa shape index (κ2) is 4.05. The number of rotatable bonds is 1. The van der Waals surface area contributed by atoms with Gasteiger partial charge in [-0.15, -0.1) is 0 Å². The molecular weight excluding hydrogens is 272 g/mol. The lowest BCUT2D eigenvalue weighted by Gasteiger charge is -2.47. The molecule has 0 amide bonds. The van der Waals surface area contributed by atoms with Crippen LogP contribution in [0.5, 0.6) is 0 Å². The molecular formula is C20H30O2. The highest BCUT2D eigenvalue weighted by Gasteiger charge is 2.68. The van der Waals surface area contributed by atoms with Crippen LogP contribution < -0.4 is 0 Å². The predicted octanol–water partition coefficient (Wildman–Crippen LogP) is 3.98. The monoisotopic (exact) mass is 302 g/mol. The summed E-state index contributed by atoms with van der Waals surface area (Å²) in [6, 6.07) is 0. The van der Waals surface area contributed by atoms with Crippen molar-refractivity contribution in [3.05, 3.63) is 0 Å².